The molecule has 0 bridgehead atoms. The van der Waals surface area contributed by atoms with E-state index in [1.54, 1.807) is 24.3 Å². The molecule has 1 rings (SSSR count). The van der Waals surface area contributed by atoms with E-state index in [0.717, 1.165) is 0 Å². The van der Waals surface area contributed by atoms with Gasteiger partial charge in [-0.15, -0.1) is 0 Å². The van der Waals surface area contributed by atoms with Crippen molar-refractivity contribution in [1.82, 2.24) is 0 Å². The molecule has 3 heteroatoms. The topological polar surface area (TPSA) is 63.3 Å². The predicted molar refractivity (Wildman–Crippen MR) is 45.8 cm³/mol. The van der Waals surface area contributed by atoms with Crippen molar-refractivity contribution >= 4 is 5.97 Å². The smallest absolute Gasteiger partial charge is 0.320 e. The van der Waals surface area contributed by atoms with Gasteiger partial charge in [0.2, 0.25) is 0 Å². The van der Waals surface area contributed by atoms with Gasteiger partial charge in [0.25, 0.3) is 0 Å². The lowest BCUT2D eigenvalue weighted by Crippen LogP contribution is -2.32. The highest BCUT2D eigenvalue weighted by atomic mass is 16.4. The van der Waals surface area contributed by atoms with Crippen molar-refractivity contribution in [1.29, 1.82) is 0 Å². The minimum absolute atomic E-state index is 0.623. The van der Waals surface area contributed by atoms with Crippen LogP contribution in [0.25, 0.3) is 0 Å². The molecule has 0 aliphatic carbocycles. The van der Waals surface area contributed by atoms with Crippen LogP contribution in [0.4, 0.5) is 0 Å². The first-order valence-electron chi connectivity index (χ1n) is 4.16. The van der Waals surface area contributed by atoms with Crippen LogP contribution in [0, 0.1) is 0 Å². The van der Waals surface area contributed by atoms with Crippen LogP contribution in [0.2, 0.25) is 0 Å². The second-order valence-electron chi connectivity index (χ2n) is 2.44. The number of benzene rings is 1. The van der Waals surface area contributed by atoms with Crippen LogP contribution >= 0.6 is 0 Å². The summed E-state index contributed by atoms with van der Waals surface area (Å²) in [6, 6.07) is 7.54. The molecular formula is C9H11NO2. The number of carboxylic acids is 1. The van der Waals surface area contributed by atoms with Gasteiger partial charge in [0, 0.05) is 1.37 Å². The number of hydrogen-bond acceptors (Lipinski definition) is 2. The predicted octanol–water partition coefficient (Wildman–Crippen LogP) is 0.641. The minimum Gasteiger partial charge on any atom is -0.480 e. The Morgan fingerprint density at radius 1 is 1.58 bits per heavy atom. The molecule has 1 aromatic rings. The molecule has 0 spiro atoms. The molecule has 0 fully saturated rings. The average molecular weight is 171 g/mol. The fourth-order valence-corrected chi connectivity index (χ4v) is 0.843. The lowest BCUT2D eigenvalue weighted by molar-refractivity contribution is -0.138. The summed E-state index contributed by atoms with van der Waals surface area (Å²) in [4.78, 5) is 10.5. The Bertz CT molecular complexity index is 289. The van der Waals surface area contributed by atoms with Gasteiger partial charge in [0.1, 0.15) is 6.04 Å². The summed E-state index contributed by atoms with van der Waals surface area (Å²) in [5, 5.41) is 8.57. The molecule has 1 aromatic carbocycles. The van der Waals surface area contributed by atoms with Crippen LogP contribution < -0.4 is 5.73 Å². The second kappa shape index (κ2) is 3.88. The summed E-state index contributed by atoms with van der Waals surface area (Å²) in [6.07, 6.45) is -0.904. The van der Waals surface area contributed by atoms with Crippen LogP contribution in [0.5, 0.6) is 0 Å². The summed E-state index contributed by atoms with van der Waals surface area (Å²) in [7, 11) is 0. The van der Waals surface area contributed by atoms with Crippen LogP contribution in [0.1, 0.15) is 6.93 Å². The van der Waals surface area contributed by atoms with Gasteiger partial charge in [0.15, 0.2) is 0 Å². The molecule has 0 radical (unpaired) electrons. The molecule has 0 aliphatic heterocycles. The highest BCUT2D eigenvalue weighted by molar-refractivity contribution is 5.73. The van der Waals surface area contributed by atoms with E-state index in [2.05, 4.69) is 0 Å². The monoisotopic (exact) mass is 171 g/mol. The van der Waals surface area contributed by atoms with Gasteiger partial charge < -0.3 is 10.8 Å². The van der Waals surface area contributed by atoms with E-state index in [-0.39, 0.29) is 0 Å². The first-order chi connectivity index (χ1) is 6.13. The van der Waals surface area contributed by atoms with Crippen LogP contribution in [-0.4, -0.2) is 17.1 Å². The fraction of sp³-hybridized carbons (Fsp3) is 0.222. The highest BCUT2D eigenvalue weighted by Crippen LogP contribution is 2.01. The van der Waals surface area contributed by atoms with Crippen molar-refractivity contribution in [3.05, 3.63) is 35.9 Å². The molecule has 1 unspecified atom stereocenters. The van der Waals surface area contributed by atoms with E-state index in [1.165, 1.54) is 0 Å². The number of aliphatic carboxylic acids is 1. The first kappa shape index (κ1) is 7.31. The summed E-state index contributed by atoms with van der Waals surface area (Å²) >= 11 is 0. The van der Waals surface area contributed by atoms with Crippen molar-refractivity contribution in [2.24, 2.45) is 5.73 Å². The van der Waals surface area contributed by atoms with Crippen molar-refractivity contribution in [2.45, 2.75) is 12.4 Å². The number of rotatable bonds is 3. The maximum Gasteiger partial charge on any atom is 0.320 e. The maximum absolute atomic E-state index is 10.5. The van der Waals surface area contributed by atoms with Crippen LogP contribution in [0.15, 0.2) is 30.3 Å². The van der Waals surface area contributed by atoms with Gasteiger partial charge in [-0.3, -0.25) is 4.79 Å². The third-order valence-electron chi connectivity index (χ3n) is 1.46. The number of carbonyl (C=O) groups is 1. The van der Waals surface area contributed by atoms with E-state index < -0.39 is 18.4 Å². The lowest BCUT2D eigenvalue weighted by atomic mass is 10.4. The fourth-order valence-electron chi connectivity index (χ4n) is 0.843. The van der Waals surface area contributed by atoms with Crippen molar-refractivity contribution < 1.29 is 11.3 Å². The summed E-state index contributed by atoms with van der Waals surface area (Å²) in [6.45, 7) is 0. The third kappa shape index (κ3) is 2.36. The number of carboxylic acid groups (broad SMARTS) is 1. The molecule has 12 heavy (non-hydrogen) atoms. The zero-order chi connectivity index (χ0) is 9.84. The van der Waals surface area contributed by atoms with Crippen molar-refractivity contribution in [2.75, 3.05) is 0 Å². The largest absolute Gasteiger partial charge is 0.480 e. The van der Waals surface area contributed by atoms with Gasteiger partial charge in [0.05, 0.1) is 0 Å². The van der Waals surface area contributed by atoms with Gasteiger partial charge >= 0.3 is 5.97 Å². The van der Waals surface area contributed by atoms with E-state index in [4.69, 9.17) is 12.2 Å². The Hall–Kier alpha value is -1.35. The van der Waals surface area contributed by atoms with Crippen molar-refractivity contribution in [3.63, 3.8) is 0 Å². The summed E-state index contributed by atoms with van der Waals surface area (Å²) < 4.78 is 7.54. The Balaban J connectivity index is 2.79. The maximum atomic E-state index is 10.5. The molecule has 0 saturated carbocycles. The molecule has 0 heterocycles. The van der Waals surface area contributed by atoms with Gasteiger partial charge in [-0.05, 0) is 12.0 Å². The third-order valence-corrected chi connectivity index (χ3v) is 1.46. The molecule has 3 nitrogen and oxygen atoms in total. The number of hydrogen-bond donors (Lipinski definition) is 2. The average Bonchev–Trinajstić information content (AvgIpc) is 2.17. The van der Waals surface area contributed by atoms with Crippen LogP contribution in [-0.2, 0) is 11.2 Å². The van der Waals surface area contributed by atoms with Gasteiger partial charge in [-0.25, -0.2) is 0 Å². The Morgan fingerprint density at radius 2 is 2.17 bits per heavy atom. The highest BCUT2D eigenvalue weighted by Gasteiger charge is 2.10. The summed E-state index contributed by atoms with van der Waals surface area (Å²) in [5.74, 6) is -1.15. The van der Waals surface area contributed by atoms with Crippen LogP contribution in [0.3, 0.4) is 0 Å². The zero-order valence-electron chi connectivity index (χ0n) is 7.47. The molecule has 0 saturated heterocycles. The molecule has 2 atom stereocenters. The zero-order valence-corrected chi connectivity index (χ0v) is 6.47. The molecule has 0 amide bonds. The summed E-state index contributed by atoms with van der Waals surface area (Å²) in [5.41, 5.74) is 5.93. The quantitative estimate of drug-likeness (QED) is 0.518. The SMILES string of the molecule is [2H][13CH](c1[13cH]c[13cH]c[13cH]1)[C@H]([15NH2])C(=O)O. The Labute approximate surface area is 72.2 Å². The van der Waals surface area contributed by atoms with Gasteiger partial charge in [-0.2, -0.15) is 0 Å². The molecular weight excluding hydrogens is 159 g/mol. The van der Waals surface area contributed by atoms with Gasteiger partial charge in [-0.1, -0.05) is 30.3 Å². The Morgan fingerprint density at radius 3 is 2.67 bits per heavy atom. The minimum atomic E-state index is -1.16. The molecule has 0 aromatic heterocycles. The normalized spacial score (nSPS) is 16.2. The Kier molecular flexibility index (Phi) is 2.36. The van der Waals surface area contributed by atoms with E-state index >= 15 is 0 Å². The standard InChI is InChI=1S/C9H11NO2/c10-8(9(11)12)6-7-4-2-1-3-5-7/h1-5,8H,6,10H2,(H,11,12)/t8-/m0/s1/i1+1,4+1,5+1,6+1D,10+1/t6?,8-. The van der Waals surface area contributed by atoms with E-state index in [1.807, 2.05) is 6.07 Å². The number of nitrogens with two attached hydrogens (primary N) is 1. The first-order valence-corrected chi connectivity index (χ1v) is 3.58. The lowest BCUT2D eigenvalue weighted by Gasteiger charge is -2.04. The van der Waals surface area contributed by atoms with Crippen molar-refractivity contribution in [3.8, 4) is 0 Å². The second-order valence-corrected chi connectivity index (χ2v) is 2.44. The molecule has 64 valence electrons. The molecule has 0 aliphatic rings. The van der Waals surface area contributed by atoms with E-state index in [9.17, 15) is 4.79 Å². The van der Waals surface area contributed by atoms with E-state index in [0.29, 0.717) is 5.56 Å². The molecule has 3 N–H and O–H groups in total.